The number of aryl methyl sites for hydroxylation is 1. The second-order valence-electron chi connectivity index (χ2n) is 7.33. The molecule has 3 unspecified atom stereocenters. The third kappa shape index (κ3) is 3.43. The second kappa shape index (κ2) is 7.05. The lowest BCUT2D eigenvalue weighted by Gasteiger charge is -2.36. The minimum atomic E-state index is -0.821. The standard InChI is InChI=1S/C19H23FN2O4/c1-11-7-14(3-4-16(11)20)22-10-13(8-17(22)23)18(24)21-6-5-15(19(25)26)12(2)9-21/h3-4,7,12-13,15H,5-6,8-10H2,1-2H3,(H,25,26). The van der Waals surface area contributed by atoms with Crippen molar-refractivity contribution in [2.24, 2.45) is 17.8 Å². The number of aliphatic carboxylic acids is 1. The molecule has 2 heterocycles. The van der Waals surface area contributed by atoms with E-state index >= 15 is 0 Å². The van der Waals surface area contributed by atoms with Gasteiger partial charge in [-0.2, -0.15) is 0 Å². The summed E-state index contributed by atoms with van der Waals surface area (Å²) in [7, 11) is 0. The van der Waals surface area contributed by atoms with E-state index in [0.29, 0.717) is 30.8 Å². The Kier molecular flexibility index (Phi) is 4.98. The van der Waals surface area contributed by atoms with Crippen LogP contribution >= 0.6 is 0 Å². The summed E-state index contributed by atoms with van der Waals surface area (Å²) in [4.78, 5) is 39.6. The van der Waals surface area contributed by atoms with Gasteiger partial charge in [0.1, 0.15) is 5.82 Å². The molecule has 0 aliphatic carbocycles. The van der Waals surface area contributed by atoms with E-state index in [9.17, 15) is 23.9 Å². The molecule has 140 valence electrons. The van der Waals surface area contributed by atoms with Crippen LogP contribution in [0.15, 0.2) is 18.2 Å². The number of carboxylic acids is 1. The summed E-state index contributed by atoms with van der Waals surface area (Å²) in [6.45, 7) is 4.55. The third-order valence-electron chi connectivity index (χ3n) is 5.46. The van der Waals surface area contributed by atoms with Crippen molar-refractivity contribution in [2.45, 2.75) is 26.7 Å². The first-order valence-electron chi connectivity index (χ1n) is 8.86. The Morgan fingerprint density at radius 2 is 2.00 bits per heavy atom. The summed E-state index contributed by atoms with van der Waals surface area (Å²) in [5, 5.41) is 9.20. The number of rotatable bonds is 3. The molecule has 2 amide bonds. The van der Waals surface area contributed by atoms with Crippen molar-refractivity contribution in [2.75, 3.05) is 24.5 Å². The van der Waals surface area contributed by atoms with E-state index < -0.39 is 17.8 Å². The van der Waals surface area contributed by atoms with Crippen LogP contribution in [-0.4, -0.2) is 47.4 Å². The van der Waals surface area contributed by atoms with E-state index in [0.717, 1.165) is 0 Å². The summed E-state index contributed by atoms with van der Waals surface area (Å²) < 4.78 is 13.4. The fourth-order valence-electron chi connectivity index (χ4n) is 3.89. The normalized spacial score (nSPS) is 26.3. The fourth-order valence-corrected chi connectivity index (χ4v) is 3.89. The Labute approximate surface area is 151 Å². The lowest BCUT2D eigenvalue weighted by molar-refractivity contribution is -0.149. The Bertz CT molecular complexity index is 751. The Balaban J connectivity index is 1.67. The first-order chi connectivity index (χ1) is 12.3. The summed E-state index contributed by atoms with van der Waals surface area (Å²) in [5.41, 5.74) is 1.05. The number of hydrogen-bond acceptors (Lipinski definition) is 3. The molecular formula is C19H23FN2O4. The molecule has 2 aliphatic heterocycles. The molecule has 2 saturated heterocycles. The lowest BCUT2D eigenvalue weighted by Crippen LogP contribution is -2.47. The summed E-state index contributed by atoms with van der Waals surface area (Å²) >= 11 is 0. The van der Waals surface area contributed by atoms with Crippen molar-refractivity contribution in [3.05, 3.63) is 29.6 Å². The average molecular weight is 362 g/mol. The van der Waals surface area contributed by atoms with Crippen molar-refractivity contribution in [1.29, 1.82) is 0 Å². The summed E-state index contributed by atoms with van der Waals surface area (Å²) in [6, 6.07) is 4.49. The molecule has 1 N–H and O–H groups in total. The van der Waals surface area contributed by atoms with Gasteiger partial charge in [0.2, 0.25) is 11.8 Å². The van der Waals surface area contributed by atoms with Gasteiger partial charge in [-0.1, -0.05) is 6.92 Å². The van der Waals surface area contributed by atoms with Gasteiger partial charge < -0.3 is 14.9 Å². The predicted molar refractivity (Wildman–Crippen MR) is 93.1 cm³/mol. The minimum absolute atomic E-state index is 0.102. The van der Waals surface area contributed by atoms with Crippen LogP contribution in [0.25, 0.3) is 0 Å². The molecule has 0 aromatic heterocycles. The number of anilines is 1. The SMILES string of the molecule is Cc1cc(N2CC(C(=O)N3CCC(C(=O)O)C(C)C3)CC2=O)ccc1F. The molecule has 0 spiro atoms. The van der Waals surface area contributed by atoms with E-state index in [1.807, 2.05) is 6.92 Å². The van der Waals surface area contributed by atoms with Crippen LogP contribution in [0.5, 0.6) is 0 Å². The molecular weight excluding hydrogens is 339 g/mol. The molecule has 2 fully saturated rings. The maximum Gasteiger partial charge on any atom is 0.306 e. The highest BCUT2D eigenvalue weighted by molar-refractivity contribution is 6.00. The molecule has 6 nitrogen and oxygen atoms in total. The van der Waals surface area contributed by atoms with Crippen LogP contribution in [-0.2, 0) is 14.4 Å². The van der Waals surface area contributed by atoms with Crippen molar-refractivity contribution < 1.29 is 23.9 Å². The smallest absolute Gasteiger partial charge is 0.306 e. The molecule has 0 bridgehead atoms. The number of piperidine rings is 1. The number of benzene rings is 1. The maximum atomic E-state index is 13.4. The summed E-state index contributed by atoms with van der Waals surface area (Å²) in [5.74, 6) is -2.39. The quantitative estimate of drug-likeness (QED) is 0.893. The number of amides is 2. The molecule has 2 aliphatic rings. The highest BCUT2D eigenvalue weighted by Crippen LogP contribution is 2.30. The molecule has 26 heavy (non-hydrogen) atoms. The first kappa shape index (κ1) is 18.4. The lowest BCUT2D eigenvalue weighted by atomic mass is 9.86. The van der Waals surface area contributed by atoms with Gasteiger partial charge in [-0.15, -0.1) is 0 Å². The molecule has 0 saturated carbocycles. The number of halogens is 1. The van der Waals surface area contributed by atoms with E-state index in [-0.39, 0.29) is 36.5 Å². The Morgan fingerprint density at radius 3 is 2.62 bits per heavy atom. The van der Waals surface area contributed by atoms with Gasteiger partial charge in [0, 0.05) is 31.7 Å². The summed E-state index contributed by atoms with van der Waals surface area (Å²) in [6.07, 6.45) is 0.562. The van der Waals surface area contributed by atoms with E-state index in [1.165, 1.54) is 11.0 Å². The number of carboxylic acid groups (broad SMARTS) is 1. The molecule has 1 aromatic carbocycles. The van der Waals surface area contributed by atoms with E-state index in [1.54, 1.807) is 24.0 Å². The van der Waals surface area contributed by atoms with Crippen molar-refractivity contribution in [1.82, 2.24) is 4.90 Å². The van der Waals surface area contributed by atoms with Crippen LogP contribution in [0.3, 0.4) is 0 Å². The minimum Gasteiger partial charge on any atom is -0.481 e. The van der Waals surface area contributed by atoms with Crippen molar-refractivity contribution in [3.63, 3.8) is 0 Å². The Morgan fingerprint density at radius 1 is 1.27 bits per heavy atom. The van der Waals surface area contributed by atoms with Crippen LogP contribution in [0.4, 0.5) is 10.1 Å². The second-order valence-corrected chi connectivity index (χ2v) is 7.33. The zero-order valence-electron chi connectivity index (χ0n) is 14.9. The van der Waals surface area contributed by atoms with Gasteiger partial charge in [0.15, 0.2) is 0 Å². The molecule has 1 aromatic rings. The maximum absolute atomic E-state index is 13.4. The van der Waals surface area contributed by atoms with E-state index in [4.69, 9.17) is 0 Å². The van der Waals surface area contributed by atoms with Crippen LogP contribution < -0.4 is 4.90 Å². The number of hydrogen-bond donors (Lipinski definition) is 1. The van der Waals surface area contributed by atoms with Gasteiger partial charge in [0.25, 0.3) is 0 Å². The van der Waals surface area contributed by atoms with Gasteiger partial charge in [-0.25, -0.2) is 4.39 Å². The van der Waals surface area contributed by atoms with Crippen LogP contribution in [0.2, 0.25) is 0 Å². The molecule has 3 rings (SSSR count). The van der Waals surface area contributed by atoms with Crippen molar-refractivity contribution >= 4 is 23.5 Å². The monoisotopic (exact) mass is 362 g/mol. The topological polar surface area (TPSA) is 77.9 Å². The van der Waals surface area contributed by atoms with Gasteiger partial charge in [-0.3, -0.25) is 14.4 Å². The Hall–Kier alpha value is -2.44. The van der Waals surface area contributed by atoms with Gasteiger partial charge in [0.05, 0.1) is 11.8 Å². The van der Waals surface area contributed by atoms with Gasteiger partial charge in [-0.05, 0) is 43.0 Å². The first-order valence-corrected chi connectivity index (χ1v) is 8.86. The number of nitrogens with zero attached hydrogens (tertiary/aromatic N) is 2. The highest BCUT2D eigenvalue weighted by atomic mass is 19.1. The largest absolute Gasteiger partial charge is 0.481 e. The number of likely N-dealkylation sites (tertiary alicyclic amines) is 1. The van der Waals surface area contributed by atoms with Gasteiger partial charge >= 0.3 is 5.97 Å². The third-order valence-corrected chi connectivity index (χ3v) is 5.46. The zero-order valence-corrected chi connectivity index (χ0v) is 14.9. The number of carbonyl (C=O) groups excluding carboxylic acids is 2. The molecule has 7 heteroatoms. The van der Waals surface area contributed by atoms with Crippen LogP contribution in [0, 0.1) is 30.5 Å². The predicted octanol–water partition coefficient (Wildman–Crippen LogP) is 2.06. The average Bonchev–Trinajstić information content (AvgIpc) is 2.98. The van der Waals surface area contributed by atoms with Crippen LogP contribution in [0.1, 0.15) is 25.3 Å². The number of carbonyl (C=O) groups is 3. The fraction of sp³-hybridized carbons (Fsp3) is 0.526. The highest BCUT2D eigenvalue weighted by Gasteiger charge is 2.40. The van der Waals surface area contributed by atoms with E-state index in [2.05, 4.69) is 0 Å². The van der Waals surface area contributed by atoms with Crippen molar-refractivity contribution in [3.8, 4) is 0 Å². The molecule has 0 radical (unpaired) electrons. The zero-order chi connectivity index (χ0) is 19.0. The molecule has 3 atom stereocenters.